The summed E-state index contributed by atoms with van der Waals surface area (Å²) in [6.45, 7) is 0. The van der Waals surface area contributed by atoms with Gasteiger partial charge >= 0.3 is 0 Å². The van der Waals surface area contributed by atoms with Crippen LogP contribution in [0.4, 0.5) is 5.69 Å². The van der Waals surface area contributed by atoms with E-state index in [2.05, 4.69) is 21.5 Å². The second-order valence-corrected chi connectivity index (χ2v) is 7.25. The molecule has 27 heavy (non-hydrogen) atoms. The van der Waals surface area contributed by atoms with Crippen molar-refractivity contribution in [1.82, 2.24) is 14.8 Å². The van der Waals surface area contributed by atoms with Crippen LogP contribution in [0.2, 0.25) is 0 Å². The van der Waals surface area contributed by atoms with E-state index in [-0.39, 0.29) is 11.7 Å². The summed E-state index contributed by atoms with van der Waals surface area (Å²) in [5.41, 5.74) is 2.11. The number of hydrogen-bond acceptors (Lipinski definition) is 5. The summed E-state index contributed by atoms with van der Waals surface area (Å²) in [5.74, 6) is 1.47. The molecule has 2 aromatic carbocycles. The quantitative estimate of drug-likeness (QED) is 0.664. The number of para-hydroxylation sites is 1. The van der Waals surface area contributed by atoms with Crippen molar-refractivity contribution < 1.29 is 4.79 Å². The second-order valence-electron chi connectivity index (χ2n) is 6.30. The van der Waals surface area contributed by atoms with Gasteiger partial charge in [-0.25, -0.2) is 9.67 Å². The van der Waals surface area contributed by atoms with Crippen molar-refractivity contribution in [2.75, 3.05) is 11.1 Å². The molecule has 1 aliphatic rings. The molecule has 1 saturated carbocycles. The van der Waals surface area contributed by atoms with Crippen LogP contribution in [0, 0.1) is 11.3 Å². The van der Waals surface area contributed by atoms with Gasteiger partial charge in [0.1, 0.15) is 5.82 Å². The van der Waals surface area contributed by atoms with E-state index >= 15 is 0 Å². The molecule has 6 nitrogen and oxygen atoms in total. The number of amides is 1. The third-order valence-electron chi connectivity index (χ3n) is 4.16. The van der Waals surface area contributed by atoms with Crippen molar-refractivity contribution in [2.45, 2.75) is 23.9 Å². The molecule has 1 fully saturated rings. The summed E-state index contributed by atoms with van der Waals surface area (Å²) >= 11 is 1.31. The molecule has 134 valence electrons. The number of aromatic nitrogens is 3. The Morgan fingerprint density at radius 2 is 2.04 bits per heavy atom. The number of rotatable bonds is 6. The fourth-order valence-corrected chi connectivity index (χ4v) is 3.35. The van der Waals surface area contributed by atoms with E-state index in [1.165, 1.54) is 11.8 Å². The van der Waals surface area contributed by atoms with Crippen LogP contribution >= 0.6 is 11.8 Å². The Balaban J connectivity index is 1.44. The number of carbonyl (C=O) groups is 1. The van der Waals surface area contributed by atoms with Gasteiger partial charge in [-0.1, -0.05) is 36.0 Å². The zero-order chi connectivity index (χ0) is 18.6. The molecule has 0 atom stereocenters. The van der Waals surface area contributed by atoms with Gasteiger partial charge in [0.2, 0.25) is 11.1 Å². The van der Waals surface area contributed by atoms with Crippen molar-refractivity contribution in [2.24, 2.45) is 0 Å². The number of hydrogen-bond donors (Lipinski definition) is 1. The average Bonchev–Trinajstić information content (AvgIpc) is 3.46. The lowest BCUT2D eigenvalue weighted by Crippen LogP contribution is -2.14. The number of thioether (sulfide) groups is 1. The van der Waals surface area contributed by atoms with Crippen LogP contribution in [0.5, 0.6) is 0 Å². The molecular formula is C20H17N5OS. The molecular weight excluding hydrogens is 358 g/mol. The number of benzene rings is 2. The molecule has 0 radical (unpaired) electrons. The van der Waals surface area contributed by atoms with Gasteiger partial charge in [0.25, 0.3) is 0 Å². The number of anilines is 1. The largest absolute Gasteiger partial charge is 0.325 e. The van der Waals surface area contributed by atoms with Crippen LogP contribution in [-0.2, 0) is 4.79 Å². The molecule has 1 heterocycles. The second kappa shape index (κ2) is 7.64. The van der Waals surface area contributed by atoms with Crippen LogP contribution < -0.4 is 5.32 Å². The Bertz CT molecular complexity index is 1000. The van der Waals surface area contributed by atoms with Crippen LogP contribution in [0.15, 0.2) is 59.8 Å². The van der Waals surface area contributed by atoms with Gasteiger partial charge < -0.3 is 5.32 Å². The highest BCUT2D eigenvalue weighted by molar-refractivity contribution is 7.99. The Morgan fingerprint density at radius 3 is 2.78 bits per heavy atom. The SMILES string of the molecule is N#Cc1cccc(NC(=O)CSc2nc(C3CC3)n(-c3ccccc3)n2)c1. The minimum absolute atomic E-state index is 0.154. The fourth-order valence-electron chi connectivity index (χ4n) is 2.72. The van der Waals surface area contributed by atoms with Gasteiger partial charge in [0.05, 0.1) is 23.1 Å². The standard InChI is InChI=1S/C20H17N5OS/c21-12-14-5-4-6-16(11-14)22-18(26)13-27-20-23-19(15-9-10-15)25(24-20)17-7-2-1-3-8-17/h1-8,11,15H,9-10,13H2,(H,22,26). The van der Waals surface area contributed by atoms with Crippen LogP contribution in [-0.4, -0.2) is 26.4 Å². The topological polar surface area (TPSA) is 83.6 Å². The lowest BCUT2D eigenvalue weighted by atomic mass is 10.2. The molecule has 0 unspecified atom stereocenters. The van der Waals surface area contributed by atoms with Gasteiger partial charge in [-0.15, -0.1) is 5.10 Å². The third kappa shape index (κ3) is 4.18. The highest BCUT2D eigenvalue weighted by atomic mass is 32.2. The van der Waals surface area contributed by atoms with E-state index in [1.807, 2.05) is 35.0 Å². The van der Waals surface area contributed by atoms with Gasteiger partial charge in [-0.05, 0) is 43.2 Å². The summed E-state index contributed by atoms with van der Waals surface area (Å²) in [6, 6.07) is 18.8. The molecule has 7 heteroatoms. The number of nitrogens with one attached hydrogen (secondary N) is 1. The zero-order valence-corrected chi connectivity index (χ0v) is 15.3. The van der Waals surface area contributed by atoms with E-state index in [0.717, 1.165) is 24.4 Å². The van der Waals surface area contributed by atoms with E-state index in [9.17, 15) is 4.79 Å². The monoisotopic (exact) mass is 375 g/mol. The van der Waals surface area contributed by atoms with E-state index in [0.29, 0.717) is 22.3 Å². The van der Waals surface area contributed by atoms with E-state index in [4.69, 9.17) is 5.26 Å². The summed E-state index contributed by atoms with van der Waals surface area (Å²) in [4.78, 5) is 16.9. The minimum Gasteiger partial charge on any atom is -0.325 e. The molecule has 1 amide bonds. The number of nitrogens with zero attached hydrogens (tertiary/aromatic N) is 4. The molecule has 0 spiro atoms. The van der Waals surface area contributed by atoms with Crippen LogP contribution in [0.3, 0.4) is 0 Å². The van der Waals surface area contributed by atoms with Crippen molar-refractivity contribution in [3.05, 3.63) is 66.0 Å². The summed E-state index contributed by atoms with van der Waals surface area (Å²) in [6.07, 6.45) is 2.26. The van der Waals surface area contributed by atoms with Crippen molar-refractivity contribution in [1.29, 1.82) is 5.26 Å². The van der Waals surface area contributed by atoms with Crippen LogP contribution in [0.25, 0.3) is 5.69 Å². The predicted octanol–water partition coefficient (Wildman–Crippen LogP) is 3.75. The average molecular weight is 375 g/mol. The van der Waals surface area contributed by atoms with Crippen molar-refractivity contribution >= 4 is 23.4 Å². The molecule has 1 N–H and O–H groups in total. The Morgan fingerprint density at radius 1 is 1.22 bits per heavy atom. The molecule has 3 aromatic rings. The van der Waals surface area contributed by atoms with E-state index in [1.54, 1.807) is 24.3 Å². The first-order valence-electron chi connectivity index (χ1n) is 8.68. The van der Waals surface area contributed by atoms with Gasteiger partial charge in [0, 0.05) is 11.6 Å². The zero-order valence-electron chi connectivity index (χ0n) is 14.5. The summed E-state index contributed by atoms with van der Waals surface area (Å²) < 4.78 is 1.88. The highest BCUT2D eigenvalue weighted by Crippen LogP contribution is 2.40. The minimum atomic E-state index is -0.154. The molecule has 1 aromatic heterocycles. The van der Waals surface area contributed by atoms with Crippen LogP contribution in [0.1, 0.15) is 30.1 Å². The van der Waals surface area contributed by atoms with Crippen molar-refractivity contribution in [3.8, 4) is 11.8 Å². The third-order valence-corrected chi connectivity index (χ3v) is 5.00. The Kier molecular flexibility index (Phi) is 4.90. The van der Waals surface area contributed by atoms with Gasteiger partial charge in [-0.3, -0.25) is 4.79 Å². The molecule has 0 bridgehead atoms. The Labute approximate surface area is 161 Å². The molecule has 1 aliphatic carbocycles. The number of nitriles is 1. The predicted molar refractivity (Wildman–Crippen MR) is 104 cm³/mol. The maximum Gasteiger partial charge on any atom is 0.234 e. The van der Waals surface area contributed by atoms with Gasteiger partial charge in [-0.2, -0.15) is 5.26 Å². The maximum atomic E-state index is 12.2. The highest BCUT2D eigenvalue weighted by Gasteiger charge is 2.30. The smallest absolute Gasteiger partial charge is 0.234 e. The lowest BCUT2D eigenvalue weighted by Gasteiger charge is -2.04. The van der Waals surface area contributed by atoms with Gasteiger partial charge in [0.15, 0.2) is 0 Å². The first-order chi connectivity index (χ1) is 13.2. The fraction of sp³-hybridized carbons (Fsp3) is 0.200. The lowest BCUT2D eigenvalue weighted by molar-refractivity contribution is -0.113. The molecule has 0 saturated heterocycles. The molecule has 0 aliphatic heterocycles. The summed E-state index contributed by atoms with van der Waals surface area (Å²) in [7, 11) is 0. The maximum absolute atomic E-state index is 12.2. The van der Waals surface area contributed by atoms with E-state index < -0.39 is 0 Å². The normalized spacial score (nSPS) is 13.1. The summed E-state index contributed by atoms with van der Waals surface area (Å²) in [5, 5.41) is 16.9. The molecule has 4 rings (SSSR count). The van der Waals surface area contributed by atoms with Crippen molar-refractivity contribution in [3.63, 3.8) is 0 Å². The first-order valence-corrected chi connectivity index (χ1v) is 9.66. The first kappa shape index (κ1) is 17.3. The number of carbonyl (C=O) groups excluding carboxylic acids is 1. The Hall–Kier alpha value is -3.11.